The zero-order chi connectivity index (χ0) is 56.6. The normalized spacial score (nSPS) is 18.8. The third kappa shape index (κ3) is 8.95. The number of hydrogen-bond donors (Lipinski definition) is 7. The van der Waals surface area contributed by atoms with Gasteiger partial charge in [-0.1, -0.05) is 0 Å². The summed E-state index contributed by atoms with van der Waals surface area (Å²) >= 11 is 0. The molecule has 2 aliphatic carbocycles. The van der Waals surface area contributed by atoms with Gasteiger partial charge >= 0.3 is 0 Å². The number of fused-ring (bicyclic) bond motifs is 4. The van der Waals surface area contributed by atoms with Gasteiger partial charge in [0.15, 0.2) is 0 Å². The SMILES string of the molecule is O=C1c2c(O)ccc(O)c2C(=O)c2c(F)ccc(F)c21.[2H]C([2H])([2H])N(CCN)C([2H])([2H])[2H].[2H]C([2H])([2H])N(CCNc1ccc(NCCN(C([2H])([2H])[2H])C([2H])([2H])[2H])c2c1C(=O)c1c(O)ccc(O)c1C2=O)C([2H])([2H])[2H]. The number of halogens is 2. The third-order valence-electron chi connectivity index (χ3n) is 8.10. The smallest absolute Gasteiger partial charge is 0.201 e. The molecule has 0 fully saturated rings. The van der Waals surface area contributed by atoms with Gasteiger partial charge in [-0.3, -0.25) is 19.2 Å². The van der Waals surface area contributed by atoms with Crippen LogP contribution >= 0.6 is 0 Å². The second-order valence-electron chi connectivity index (χ2n) is 11.8. The van der Waals surface area contributed by atoms with Crippen LogP contribution in [0, 0.1) is 11.6 Å². The molecule has 4 aromatic rings. The molecule has 56 heavy (non-hydrogen) atoms. The number of phenols is 4. The summed E-state index contributed by atoms with van der Waals surface area (Å²) in [7, 11) is 0. The summed E-state index contributed by atoms with van der Waals surface area (Å²) in [5.41, 5.74) is 0.955. The van der Waals surface area contributed by atoms with Gasteiger partial charge in [0.25, 0.3) is 0 Å². The van der Waals surface area contributed by atoms with Crippen molar-refractivity contribution in [2.45, 2.75) is 0 Å². The molecule has 0 unspecified atom stereocenters. The first-order chi connectivity index (χ1) is 33.7. The largest absolute Gasteiger partial charge is 0.507 e. The van der Waals surface area contributed by atoms with Gasteiger partial charge in [0.05, 0.1) is 44.5 Å². The van der Waals surface area contributed by atoms with Crippen molar-refractivity contribution in [1.29, 1.82) is 0 Å². The molecule has 0 radical (unpaired) electrons. The minimum atomic E-state index is -2.97. The zero-order valence-corrected chi connectivity index (χ0v) is 29.0. The van der Waals surface area contributed by atoms with Gasteiger partial charge in [-0.2, -0.15) is 0 Å². The Hall–Kier alpha value is -5.94. The number of nitrogens with one attached hydrogen (secondary N) is 2. The van der Waals surface area contributed by atoms with Gasteiger partial charge in [-0.25, -0.2) is 8.78 Å². The van der Waals surface area contributed by atoms with E-state index in [0.717, 1.165) is 36.4 Å². The second-order valence-corrected chi connectivity index (χ2v) is 11.8. The molecule has 0 aromatic heterocycles. The molecule has 0 saturated carbocycles. The predicted octanol–water partition coefficient (Wildman–Crippen LogP) is 3.48. The number of carbonyl (C=O) groups excluding carboxylic acids is 4. The van der Waals surface area contributed by atoms with E-state index in [9.17, 15) is 48.4 Å². The number of nitrogens with two attached hydrogens (primary N) is 1. The van der Waals surface area contributed by atoms with Crippen molar-refractivity contribution >= 4 is 34.5 Å². The van der Waals surface area contributed by atoms with E-state index < -0.39 is 146 Å². The van der Waals surface area contributed by atoms with Crippen molar-refractivity contribution in [3.63, 3.8) is 0 Å². The molecule has 0 spiro atoms. The molecule has 8 N–H and O–H groups in total. The summed E-state index contributed by atoms with van der Waals surface area (Å²) in [4.78, 5) is 52.6. The van der Waals surface area contributed by atoms with Crippen LogP contribution in [0.25, 0.3) is 0 Å². The molecule has 0 saturated heterocycles. The van der Waals surface area contributed by atoms with Crippen LogP contribution in [0.5, 0.6) is 23.0 Å². The van der Waals surface area contributed by atoms with Gasteiger partial charge in [0.1, 0.15) is 34.6 Å². The average Bonchev–Trinajstić information content (AvgIpc) is 3.24. The van der Waals surface area contributed by atoms with Gasteiger partial charge in [-0.15, -0.1) is 0 Å². The van der Waals surface area contributed by atoms with Crippen molar-refractivity contribution in [1.82, 2.24) is 14.7 Å². The Kier molecular flexibility index (Phi) is 7.72. The topological polar surface area (TPSA) is 209 Å². The van der Waals surface area contributed by atoms with E-state index in [1.165, 1.54) is 12.1 Å². The lowest BCUT2D eigenvalue weighted by molar-refractivity contribution is 0.0967. The Labute approximate surface area is 348 Å². The summed E-state index contributed by atoms with van der Waals surface area (Å²) in [6.07, 6.45) is 0. The molecular weight excluding hydrogens is 730 g/mol. The van der Waals surface area contributed by atoms with Gasteiger partial charge < -0.3 is 51.5 Å². The first-order valence-corrected chi connectivity index (χ1v) is 16.1. The molecule has 2 aliphatic rings. The maximum Gasteiger partial charge on any atom is 0.201 e. The molecule has 16 heteroatoms. The van der Waals surface area contributed by atoms with Crippen molar-refractivity contribution < 1.29 is 73.1 Å². The Morgan fingerprint density at radius 3 is 1.09 bits per heavy atom. The van der Waals surface area contributed by atoms with E-state index in [1.807, 2.05) is 0 Å². The highest BCUT2D eigenvalue weighted by molar-refractivity contribution is 6.33. The number of phenolic OH excluding ortho intramolecular Hbond substituents is 4. The maximum atomic E-state index is 13.7. The summed E-state index contributed by atoms with van der Waals surface area (Å²) in [5, 5.41) is 45.6. The quantitative estimate of drug-likeness (QED) is 0.0992. The number of likely N-dealkylation sites (N-methyl/N-ethyl adjacent to an activating group) is 3. The lowest BCUT2D eigenvalue weighted by Crippen LogP contribution is -2.27. The molecule has 4 aromatic carbocycles. The molecular formula is C40H46F2N6O8. The first-order valence-electron chi connectivity index (χ1n) is 25.1. The molecule has 0 amide bonds. The fraction of sp³-hybridized carbons (Fsp3) is 0.300. The standard InChI is InChI=1S/C22H28N4O4.C14H6F2O4.C4H12N2/c1-25(2)11-9-23-13-5-6-14(24-10-12-26(3)4)18-17(13)21(29)19-15(27)7-8-16(28)20(19)22(18)30;15-5-1-2-6(16)10-9(5)13(19)11-7(17)3-4-8(18)12(11)14(10)20;1-6(2)4-3-5/h5-8,23-24,27-28H,9-12H2,1-4H3;1-4,17-18H;3-5H2,1-2H3/i1D3,2D3,3D3,4D3;;1D3,2D3. The lowest BCUT2D eigenvalue weighted by atomic mass is 9.81. The van der Waals surface area contributed by atoms with Crippen LogP contribution in [0.15, 0.2) is 48.5 Å². The van der Waals surface area contributed by atoms with Crippen LogP contribution in [0.3, 0.4) is 0 Å². The summed E-state index contributed by atoms with van der Waals surface area (Å²) in [6, 6.07) is 8.12. The minimum Gasteiger partial charge on any atom is -0.507 e. The Morgan fingerprint density at radius 1 is 0.500 bits per heavy atom. The first kappa shape index (κ1) is 23.9. The average molecular weight is 795 g/mol. The Bertz CT molecular complexity index is 2550. The maximum absolute atomic E-state index is 13.7. The zero-order valence-electron chi connectivity index (χ0n) is 47.0. The molecule has 0 aliphatic heterocycles. The van der Waals surface area contributed by atoms with E-state index in [4.69, 9.17) is 30.4 Å². The van der Waals surface area contributed by atoms with Gasteiger partial charge in [-0.05, 0) is 90.4 Å². The second kappa shape index (κ2) is 18.1. The van der Waals surface area contributed by atoms with Crippen LogP contribution in [-0.2, 0) is 0 Å². The highest BCUT2D eigenvalue weighted by Gasteiger charge is 2.39. The number of benzene rings is 4. The molecule has 0 bridgehead atoms. The number of rotatable bonds is 10. The molecule has 14 nitrogen and oxygen atoms in total. The molecule has 0 heterocycles. The van der Waals surface area contributed by atoms with E-state index in [1.54, 1.807) is 0 Å². The van der Waals surface area contributed by atoms with Gasteiger partial charge in [0, 0.05) is 75.3 Å². The number of ketones is 4. The van der Waals surface area contributed by atoms with Crippen LogP contribution in [0.4, 0.5) is 20.2 Å². The van der Waals surface area contributed by atoms with Crippen molar-refractivity contribution in [3.05, 3.63) is 105 Å². The van der Waals surface area contributed by atoms with E-state index >= 15 is 0 Å². The van der Waals surface area contributed by atoms with E-state index in [2.05, 4.69) is 10.6 Å². The van der Waals surface area contributed by atoms with Crippen LogP contribution < -0.4 is 16.4 Å². The van der Waals surface area contributed by atoms with E-state index in [-0.39, 0.29) is 48.7 Å². The Morgan fingerprint density at radius 2 is 0.804 bits per heavy atom. The third-order valence-corrected chi connectivity index (χ3v) is 8.10. The molecule has 0 atom stereocenters. The lowest BCUT2D eigenvalue weighted by Gasteiger charge is -2.25. The summed E-state index contributed by atoms with van der Waals surface area (Å²) in [5.74, 6) is -8.35. The predicted molar refractivity (Wildman–Crippen MR) is 208 cm³/mol. The van der Waals surface area contributed by atoms with Crippen LogP contribution in [0.2, 0.25) is 0 Å². The number of aromatic hydroxyl groups is 4. The summed E-state index contributed by atoms with van der Waals surface area (Å²) < 4.78 is 159. The molecule has 298 valence electrons. The summed E-state index contributed by atoms with van der Waals surface area (Å²) in [6.45, 7) is -18.9. The highest BCUT2D eigenvalue weighted by Crippen LogP contribution is 2.43. The van der Waals surface area contributed by atoms with E-state index in [0.29, 0.717) is 14.7 Å². The fourth-order valence-electron chi connectivity index (χ4n) is 5.68. The van der Waals surface area contributed by atoms with Crippen molar-refractivity contribution in [2.75, 3.05) is 91.8 Å². The fourth-order valence-corrected chi connectivity index (χ4v) is 5.68. The number of nitrogens with zero attached hydrogens (tertiary/aromatic N) is 3. The van der Waals surface area contributed by atoms with Crippen LogP contribution in [0.1, 0.15) is 88.4 Å². The van der Waals surface area contributed by atoms with Crippen molar-refractivity contribution in [3.8, 4) is 23.0 Å². The number of carbonyl (C=O) groups is 4. The van der Waals surface area contributed by atoms with Gasteiger partial charge in [0.2, 0.25) is 23.1 Å². The highest BCUT2D eigenvalue weighted by atomic mass is 19.1. The number of hydrogen-bond acceptors (Lipinski definition) is 14. The van der Waals surface area contributed by atoms with Crippen LogP contribution in [-0.4, -0.2) is 139 Å². The van der Waals surface area contributed by atoms with Crippen molar-refractivity contribution in [2.24, 2.45) is 5.73 Å². The monoisotopic (exact) mass is 794 g/mol. The number of anilines is 2. The molecule has 6 rings (SSSR count). The minimum absolute atomic E-state index is 0.0107. The Balaban J connectivity index is 0.000000302.